The summed E-state index contributed by atoms with van der Waals surface area (Å²) in [5.41, 5.74) is 3.28. The molecule has 2 heterocycles. The number of pyridine rings is 2. The maximum Gasteiger partial charge on any atom is 0.0705 e. The molecule has 21 heavy (non-hydrogen) atoms. The van der Waals surface area contributed by atoms with Crippen LogP contribution in [0.1, 0.15) is 11.4 Å². The Balaban J connectivity index is 1.76. The molecule has 3 nitrogen and oxygen atoms in total. The van der Waals surface area contributed by atoms with Crippen LogP contribution >= 0.6 is 0 Å². The fourth-order valence-electron chi connectivity index (χ4n) is 2.52. The van der Waals surface area contributed by atoms with Crippen LogP contribution in [0.5, 0.6) is 0 Å². The van der Waals surface area contributed by atoms with Gasteiger partial charge in [0.15, 0.2) is 0 Å². The zero-order valence-corrected chi connectivity index (χ0v) is 12.2. The zero-order valence-electron chi connectivity index (χ0n) is 12.2. The smallest absolute Gasteiger partial charge is 0.0705 e. The highest BCUT2D eigenvalue weighted by atomic mass is 14.9. The van der Waals surface area contributed by atoms with Crippen LogP contribution in [0.3, 0.4) is 0 Å². The molecule has 1 atom stereocenters. The van der Waals surface area contributed by atoms with E-state index in [9.17, 15) is 0 Å². The van der Waals surface area contributed by atoms with E-state index in [1.54, 1.807) is 0 Å². The molecule has 0 bridgehead atoms. The van der Waals surface area contributed by atoms with Crippen molar-refractivity contribution in [2.75, 3.05) is 7.05 Å². The van der Waals surface area contributed by atoms with Crippen LogP contribution in [0.4, 0.5) is 0 Å². The maximum absolute atomic E-state index is 4.74. The van der Waals surface area contributed by atoms with E-state index in [0.29, 0.717) is 6.04 Å². The van der Waals surface area contributed by atoms with Gasteiger partial charge in [0.2, 0.25) is 0 Å². The van der Waals surface area contributed by atoms with Gasteiger partial charge in [0.05, 0.1) is 5.52 Å². The van der Waals surface area contributed by atoms with Crippen molar-refractivity contribution in [3.8, 4) is 0 Å². The predicted octanol–water partition coefficient (Wildman–Crippen LogP) is 3.00. The second-order valence-electron chi connectivity index (χ2n) is 5.21. The van der Waals surface area contributed by atoms with Gasteiger partial charge in [0.1, 0.15) is 0 Å². The van der Waals surface area contributed by atoms with Gasteiger partial charge in [-0.15, -0.1) is 0 Å². The molecule has 0 saturated carbocycles. The van der Waals surface area contributed by atoms with Crippen molar-refractivity contribution in [3.63, 3.8) is 0 Å². The summed E-state index contributed by atoms with van der Waals surface area (Å²) in [5, 5.41) is 4.55. The molecule has 0 aliphatic rings. The Morgan fingerprint density at radius 2 is 1.71 bits per heavy atom. The van der Waals surface area contributed by atoms with Gasteiger partial charge in [-0.3, -0.25) is 9.97 Å². The molecule has 3 heteroatoms. The molecule has 0 amide bonds. The van der Waals surface area contributed by atoms with E-state index < -0.39 is 0 Å². The highest BCUT2D eigenvalue weighted by molar-refractivity contribution is 5.78. The summed E-state index contributed by atoms with van der Waals surface area (Å²) >= 11 is 0. The van der Waals surface area contributed by atoms with Gasteiger partial charge in [0.25, 0.3) is 0 Å². The van der Waals surface area contributed by atoms with Crippen LogP contribution in [0.2, 0.25) is 0 Å². The molecule has 0 fully saturated rings. The number of fused-ring (bicyclic) bond motifs is 1. The number of hydrogen-bond donors (Lipinski definition) is 1. The lowest BCUT2D eigenvalue weighted by molar-refractivity contribution is 0.545. The van der Waals surface area contributed by atoms with Crippen LogP contribution in [-0.4, -0.2) is 23.1 Å². The summed E-state index contributed by atoms with van der Waals surface area (Å²) in [4.78, 5) is 9.14. The highest BCUT2D eigenvalue weighted by Crippen LogP contribution is 2.13. The fraction of sp³-hybridized carbons (Fsp3) is 0.222. The Labute approximate surface area is 125 Å². The normalized spacial score (nSPS) is 12.4. The van der Waals surface area contributed by atoms with Crippen molar-refractivity contribution >= 4 is 10.9 Å². The summed E-state index contributed by atoms with van der Waals surface area (Å²) in [5.74, 6) is 0. The average molecular weight is 277 g/mol. The van der Waals surface area contributed by atoms with Crippen LogP contribution in [0, 0.1) is 0 Å². The molecule has 0 saturated heterocycles. The lowest BCUT2D eigenvalue weighted by Crippen LogP contribution is -2.30. The second-order valence-corrected chi connectivity index (χ2v) is 5.21. The van der Waals surface area contributed by atoms with E-state index in [1.807, 2.05) is 37.5 Å². The van der Waals surface area contributed by atoms with Crippen molar-refractivity contribution in [2.45, 2.75) is 18.9 Å². The number of benzene rings is 1. The first-order chi connectivity index (χ1) is 10.3. The van der Waals surface area contributed by atoms with Crippen LogP contribution in [-0.2, 0) is 12.8 Å². The number of nitrogens with one attached hydrogen (secondary N) is 1. The molecule has 0 spiro atoms. The molecule has 3 aromatic rings. The number of nitrogens with zero attached hydrogens (tertiary/aromatic N) is 2. The first-order valence-electron chi connectivity index (χ1n) is 7.27. The third-order valence-electron chi connectivity index (χ3n) is 3.70. The van der Waals surface area contributed by atoms with E-state index in [2.05, 4.69) is 40.6 Å². The van der Waals surface area contributed by atoms with Crippen LogP contribution in [0.15, 0.2) is 60.8 Å². The summed E-state index contributed by atoms with van der Waals surface area (Å²) in [7, 11) is 1.99. The molecule has 0 aliphatic carbocycles. The Bertz CT molecular complexity index is 710. The molecule has 2 aromatic heterocycles. The number of likely N-dealkylation sites (N-methyl/N-ethyl adjacent to an activating group) is 1. The van der Waals surface area contributed by atoms with E-state index in [-0.39, 0.29) is 0 Å². The Hall–Kier alpha value is -2.26. The second kappa shape index (κ2) is 6.46. The number of hydrogen-bond acceptors (Lipinski definition) is 3. The lowest BCUT2D eigenvalue weighted by atomic mass is 10.0. The van der Waals surface area contributed by atoms with E-state index in [1.165, 1.54) is 5.39 Å². The third kappa shape index (κ3) is 3.44. The molecule has 0 aliphatic heterocycles. The van der Waals surface area contributed by atoms with E-state index >= 15 is 0 Å². The van der Waals surface area contributed by atoms with Crippen molar-refractivity contribution in [2.24, 2.45) is 0 Å². The van der Waals surface area contributed by atoms with Gasteiger partial charge in [-0.2, -0.15) is 0 Å². The fourth-order valence-corrected chi connectivity index (χ4v) is 2.52. The molecule has 1 N–H and O–H groups in total. The van der Waals surface area contributed by atoms with Crippen LogP contribution < -0.4 is 5.32 Å². The van der Waals surface area contributed by atoms with Gasteiger partial charge in [-0.05, 0) is 31.3 Å². The maximum atomic E-state index is 4.74. The molecule has 1 aromatic carbocycles. The molecular formula is C18H19N3. The Kier molecular flexibility index (Phi) is 4.22. The Morgan fingerprint density at radius 3 is 2.52 bits per heavy atom. The molecule has 106 valence electrons. The minimum atomic E-state index is 0.341. The summed E-state index contributed by atoms with van der Waals surface area (Å²) in [6.45, 7) is 0. The monoisotopic (exact) mass is 277 g/mol. The van der Waals surface area contributed by atoms with Gasteiger partial charge in [0, 0.05) is 41.9 Å². The topological polar surface area (TPSA) is 37.8 Å². The molecule has 0 radical (unpaired) electrons. The number of para-hydroxylation sites is 1. The highest BCUT2D eigenvalue weighted by Gasteiger charge is 2.10. The first-order valence-corrected chi connectivity index (χ1v) is 7.27. The van der Waals surface area contributed by atoms with E-state index in [0.717, 1.165) is 29.7 Å². The number of aromatic nitrogens is 2. The lowest BCUT2D eigenvalue weighted by Gasteiger charge is -2.15. The molecule has 1 unspecified atom stereocenters. The van der Waals surface area contributed by atoms with Gasteiger partial charge in [-0.1, -0.05) is 30.3 Å². The standard InChI is InChI=1S/C18H19N3/c1-19-17(12-15-7-4-5-11-20-15)13-16-10-9-14-6-2-3-8-18(14)21-16/h2-11,17,19H,12-13H2,1H3. The van der Waals surface area contributed by atoms with Crippen molar-refractivity contribution in [3.05, 3.63) is 72.2 Å². The Morgan fingerprint density at radius 1 is 0.905 bits per heavy atom. The summed E-state index contributed by atoms with van der Waals surface area (Å²) < 4.78 is 0. The SMILES string of the molecule is CNC(Cc1ccccn1)Cc1ccc2ccccc2n1. The van der Waals surface area contributed by atoms with Gasteiger partial charge >= 0.3 is 0 Å². The predicted molar refractivity (Wildman–Crippen MR) is 86.2 cm³/mol. The molecular weight excluding hydrogens is 258 g/mol. The summed E-state index contributed by atoms with van der Waals surface area (Å²) in [6.07, 6.45) is 3.65. The van der Waals surface area contributed by atoms with Crippen molar-refractivity contribution in [1.82, 2.24) is 15.3 Å². The quantitative estimate of drug-likeness (QED) is 0.779. The zero-order chi connectivity index (χ0) is 14.5. The number of rotatable bonds is 5. The first kappa shape index (κ1) is 13.7. The third-order valence-corrected chi connectivity index (χ3v) is 3.70. The van der Waals surface area contributed by atoms with Crippen LogP contribution in [0.25, 0.3) is 10.9 Å². The largest absolute Gasteiger partial charge is 0.316 e. The minimum Gasteiger partial charge on any atom is -0.316 e. The van der Waals surface area contributed by atoms with Gasteiger partial charge < -0.3 is 5.32 Å². The average Bonchev–Trinajstić information content (AvgIpc) is 2.55. The summed E-state index contributed by atoms with van der Waals surface area (Å²) in [6, 6.07) is 18.9. The van der Waals surface area contributed by atoms with Crippen molar-refractivity contribution < 1.29 is 0 Å². The minimum absolute atomic E-state index is 0.341. The van der Waals surface area contributed by atoms with Crippen molar-refractivity contribution in [1.29, 1.82) is 0 Å². The molecule has 3 rings (SSSR count). The van der Waals surface area contributed by atoms with E-state index in [4.69, 9.17) is 4.98 Å². The van der Waals surface area contributed by atoms with Gasteiger partial charge in [-0.25, -0.2) is 0 Å².